The van der Waals surface area contributed by atoms with Crippen LogP contribution >= 0.6 is 0 Å². The summed E-state index contributed by atoms with van der Waals surface area (Å²) >= 11 is 0. The van der Waals surface area contributed by atoms with E-state index in [-0.39, 0.29) is 4.92 Å². The summed E-state index contributed by atoms with van der Waals surface area (Å²) in [6.45, 7) is 7.55. The molecule has 4 aliphatic heterocycles. The number of hydroxylamine groups is 2. The van der Waals surface area contributed by atoms with E-state index in [0.717, 1.165) is 5.56 Å². The maximum Gasteiger partial charge on any atom is 0.265 e. The van der Waals surface area contributed by atoms with Gasteiger partial charge in [-0.15, -0.1) is 0 Å². The zero-order chi connectivity index (χ0) is 27.5. The van der Waals surface area contributed by atoms with Gasteiger partial charge in [0.25, 0.3) is 6.04 Å². The predicted octanol–water partition coefficient (Wildman–Crippen LogP) is 3.59. The fraction of sp³-hybridized carbons (Fsp3) is 0.571. The van der Waals surface area contributed by atoms with Gasteiger partial charge in [0.2, 0.25) is 0 Å². The van der Waals surface area contributed by atoms with Crippen LogP contribution in [0.2, 0.25) is 0 Å². The quantitative estimate of drug-likeness (QED) is 0.397. The van der Waals surface area contributed by atoms with E-state index in [9.17, 15) is 10.1 Å². The molecule has 0 amide bonds. The molecule has 4 unspecified atom stereocenters. The lowest BCUT2D eigenvalue weighted by Gasteiger charge is -2.41. The Kier molecular flexibility index (Phi) is 6.66. The Labute approximate surface area is 226 Å². The van der Waals surface area contributed by atoms with Crippen molar-refractivity contribution in [2.75, 3.05) is 7.11 Å². The Hall–Kier alpha value is -2.64. The molecule has 0 saturated carbocycles. The SMILES string of the molecule is COc1ccc(C2ON(Cc3ccccc3)C(C3O[C@@H]4OC(C)(C)O[C@@H]4[C@H]4OC(C)(C)O[C@@H]34)C2[N+](=O)[O-])cc1. The van der Waals surface area contributed by atoms with Crippen LogP contribution in [0.1, 0.15) is 44.9 Å². The highest BCUT2D eigenvalue weighted by Crippen LogP contribution is 2.48. The number of nitrogens with zero attached hydrogens (tertiary/aromatic N) is 2. The van der Waals surface area contributed by atoms with E-state index in [0.29, 0.717) is 17.9 Å². The summed E-state index contributed by atoms with van der Waals surface area (Å²) in [5, 5.41) is 14.5. The van der Waals surface area contributed by atoms with Gasteiger partial charge in [0.15, 0.2) is 24.0 Å². The Bertz CT molecular complexity index is 1190. The van der Waals surface area contributed by atoms with Crippen LogP contribution in [0.4, 0.5) is 0 Å². The van der Waals surface area contributed by atoms with Gasteiger partial charge in [-0.1, -0.05) is 42.5 Å². The minimum absolute atomic E-state index is 0.286. The molecule has 0 N–H and O–H groups in total. The molecular formula is C28H34N2O9. The molecular weight excluding hydrogens is 508 g/mol. The Balaban J connectivity index is 1.41. The lowest BCUT2D eigenvalue weighted by atomic mass is 9.87. The highest BCUT2D eigenvalue weighted by molar-refractivity contribution is 5.30. The van der Waals surface area contributed by atoms with Gasteiger partial charge in [0, 0.05) is 11.5 Å². The molecule has 0 radical (unpaired) electrons. The lowest BCUT2D eigenvalue weighted by molar-refractivity contribution is -0.533. The average Bonchev–Trinajstić information content (AvgIpc) is 3.53. The third kappa shape index (κ3) is 4.93. The highest BCUT2D eigenvalue weighted by atomic mass is 16.9. The van der Waals surface area contributed by atoms with Gasteiger partial charge in [-0.05, 0) is 51.0 Å². The first-order valence-electron chi connectivity index (χ1n) is 13.2. The Morgan fingerprint density at radius 3 is 2.13 bits per heavy atom. The van der Waals surface area contributed by atoms with Gasteiger partial charge >= 0.3 is 0 Å². The number of hydrogen-bond acceptors (Lipinski definition) is 10. The predicted molar refractivity (Wildman–Crippen MR) is 136 cm³/mol. The largest absolute Gasteiger partial charge is 0.497 e. The molecule has 0 bridgehead atoms. The van der Waals surface area contributed by atoms with E-state index in [2.05, 4.69) is 0 Å². The molecule has 2 aromatic carbocycles. The standard InChI is InChI=1S/C28H34N2O9/c1-27(2)35-23-22(34-26-25(24(23)36-27)37-28(3,4)38-26)19-20(30(31)32)21(17-11-13-18(33-5)14-12-17)39-29(19)15-16-9-7-6-8-10-16/h6-14,19-26H,15H2,1-5H3/t19?,20?,21?,22?,23-,24-,25+,26+/m0/s1. The second kappa shape index (κ2) is 9.77. The number of hydrogen-bond donors (Lipinski definition) is 0. The summed E-state index contributed by atoms with van der Waals surface area (Å²) in [5.41, 5.74) is 1.60. The smallest absolute Gasteiger partial charge is 0.265 e. The molecule has 4 fully saturated rings. The summed E-state index contributed by atoms with van der Waals surface area (Å²) < 4.78 is 36.6. The second-order valence-corrected chi connectivity index (χ2v) is 11.3. The number of methoxy groups -OCH3 is 1. The van der Waals surface area contributed by atoms with Gasteiger partial charge in [-0.3, -0.25) is 15.0 Å². The molecule has 210 valence electrons. The number of benzene rings is 2. The molecule has 39 heavy (non-hydrogen) atoms. The van der Waals surface area contributed by atoms with Crippen LogP contribution in [-0.4, -0.2) is 71.5 Å². The molecule has 2 aromatic rings. The van der Waals surface area contributed by atoms with Crippen LogP contribution in [-0.2, 0) is 35.1 Å². The van der Waals surface area contributed by atoms with Crippen LogP contribution in [0.5, 0.6) is 5.75 Å². The highest BCUT2D eigenvalue weighted by Gasteiger charge is 2.66. The maximum atomic E-state index is 12.8. The van der Waals surface area contributed by atoms with E-state index in [1.165, 1.54) is 0 Å². The minimum Gasteiger partial charge on any atom is -0.497 e. The van der Waals surface area contributed by atoms with Crippen molar-refractivity contribution in [3.05, 3.63) is 75.8 Å². The van der Waals surface area contributed by atoms with Crippen molar-refractivity contribution in [1.29, 1.82) is 0 Å². The molecule has 11 nitrogen and oxygen atoms in total. The van der Waals surface area contributed by atoms with Crippen molar-refractivity contribution in [3.8, 4) is 5.75 Å². The Morgan fingerprint density at radius 1 is 0.872 bits per heavy atom. The lowest BCUT2D eigenvalue weighted by Crippen LogP contribution is -2.63. The summed E-state index contributed by atoms with van der Waals surface area (Å²) in [5.74, 6) is -1.20. The van der Waals surface area contributed by atoms with Gasteiger partial charge in [0.05, 0.1) is 7.11 Å². The number of ether oxygens (including phenoxy) is 6. The van der Waals surface area contributed by atoms with Crippen LogP contribution in [0.15, 0.2) is 54.6 Å². The molecule has 8 atom stereocenters. The molecule has 6 rings (SSSR count). The normalized spacial score (nSPS) is 36.8. The molecule has 4 heterocycles. The van der Waals surface area contributed by atoms with Gasteiger partial charge < -0.3 is 28.4 Å². The van der Waals surface area contributed by atoms with E-state index in [1.54, 1.807) is 50.3 Å². The van der Waals surface area contributed by atoms with E-state index in [4.69, 9.17) is 33.3 Å². The molecule has 4 aliphatic rings. The number of rotatable bonds is 6. The fourth-order valence-electron chi connectivity index (χ4n) is 6.10. The van der Waals surface area contributed by atoms with Gasteiger partial charge in [-0.2, -0.15) is 5.06 Å². The molecule has 11 heteroatoms. The van der Waals surface area contributed by atoms with Gasteiger partial charge in [0.1, 0.15) is 36.2 Å². The minimum atomic E-state index is -1.17. The average molecular weight is 543 g/mol. The summed E-state index contributed by atoms with van der Waals surface area (Å²) in [6, 6.07) is 14.8. The fourth-order valence-corrected chi connectivity index (χ4v) is 6.10. The van der Waals surface area contributed by atoms with Crippen molar-refractivity contribution >= 4 is 0 Å². The van der Waals surface area contributed by atoms with E-state index >= 15 is 0 Å². The van der Waals surface area contributed by atoms with E-state index < -0.39 is 60.5 Å². The number of nitro groups is 1. The monoisotopic (exact) mass is 542 g/mol. The molecule has 0 aromatic heterocycles. The van der Waals surface area contributed by atoms with E-state index in [1.807, 2.05) is 44.2 Å². The van der Waals surface area contributed by atoms with Crippen molar-refractivity contribution in [1.82, 2.24) is 5.06 Å². The Morgan fingerprint density at radius 2 is 1.49 bits per heavy atom. The zero-order valence-electron chi connectivity index (χ0n) is 22.6. The topological polar surface area (TPSA) is 111 Å². The zero-order valence-corrected chi connectivity index (χ0v) is 22.6. The second-order valence-electron chi connectivity index (χ2n) is 11.3. The third-order valence-electron chi connectivity index (χ3n) is 7.64. The van der Waals surface area contributed by atoms with Crippen molar-refractivity contribution in [3.63, 3.8) is 0 Å². The summed E-state index contributed by atoms with van der Waals surface area (Å²) in [7, 11) is 1.57. The van der Waals surface area contributed by atoms with Crippen molar-refractivity contribution in [2.24, 2.45) is 0 Å². The third-order valence-corrected chi connectivity index (χ3v) is 7.64. The first kappa shape index (κ1) is 26.6. The first-order chi connectivity index (χ1) is 18.5. The van der Waals surface area contributed by atoms with Crippen LogP contribution < -0.4 is 4.74 Å². The molecule has 0 aliphatic carbocycles. The van der Waals surface area contributed by atoms with Crippen LogP contribution in [0.25, 0.3) is 0 Å². The van der Waals surface area contributed by atoms with Crippen LogP contribution in [0, 0.1) is 10.1 Å². The number of fused-ring (bicyclic) bond motifs is 3. The van der Waals surface area contributed by atoms with Crippen LogP contribution in [0.3, 0.4) is 0 Å². The summed E-state index contributed by atoms with van der Waals surface area (Å²) in [6.07, 6.45) is -4.20. The first-order valence-corrected chi connectivity index (χ1v) is 13.2. The summed E-state index contributed by atoms with van der Waals surface area (Å²) in [4.78, 5) is 18.9. The van der Waals surface area contributed by atoms with Crippen molar-refractivity contribution in [2.45, 2.75) is 94.7 Å². The molecule has 0 spiro atoms. The maximum absolute atomic E-state index is 12.8. The van der Waals surface area contributed by atoms with Crippen molar-refractivity contribution < 1.29 is 38.2 Å². The molecule has 4 saturated heterocycles. The van der Waals surface area contributed by atoms with Gasteiger partial charge in [-0.25, -0.2) is 0 Å².